The average Bonchev–Trinajstić information content (AvgIpc) is 1.80. The van der Waals surface area contributed by atoms with Crippen LogP contribution in [0.2, 0.25) is 0 Å². The topological polar surface area (TPSA) is 12.0 Å². The summed E-state index contributed by atoms with van der Waals surface area (Å²) in [5, 5.41) is 3.14. The molecule has 0 aliphatic heterocycles. The smallest absolute Gasteiger partial charge is 0.00519 e. The van der Waals surface area contributed by atoms with E-state index in [1.54, 1.807) is 0 Å². The molecule has 0 aromatic carbocycles. The van der Waals surface area contributed by atoms with E-state index in [0.29, 0.717) is 0 Å². The summed E-state index contributed by atoms with van der Waals surface area (Å²) in [6.45, 7) is 5.73. The van der Waals surface area contributed by atoms with Crippen molar-refractivity contribution in [2.75, 3.05) is 13.6 Å². The predicted molar refractivity (Wildman–Crippen MR) is 49.9 cm³/mol. The van der Waals surface area contributed by atoms with E-state index in [1.165, 1.54) is 25.8 Å². The first-order valence-corrected chi connectivity index (χ1v) is 3.92. The van der Waals surface area contributed by atoms with Gasteiger partial charge in [-0.05, 0) is 25.9 Å². The van der Waals surface area contributed by atoms with Crippen molar-refractivity contribution in [1.29, 1.82) is 0 Å². The Labute approximate surface area is 71.0 Å². The fourth-order valence-corrected chi connectivity index (χ4v) is 0.854. The zero-order valence-corrected chi connectivity index (χ0v) is 8.13. The van der Waals surface area contributed by atoms with Gasteiger partial charge < -0.3 is 5.32 Å². The van der Waals surface area contributed by atoms with Crippen LogP contribution in [0.1, 0.15) is 33.1 Å². The molecule has 1 N–H and O–H groups in total. The van der Waals surface area contributed by atoms with Gasteiger partial charge >= 0.3 is 0 Å². The summed E-state index contributed by atoms with van der Waals surface area (Å²) in [5.41, 5.74) is 0. The lowest BCUT2D eigenvalue weighted by Crippen LogP contribution is -2.07. The normalized spacial score (nSPS) is 9.60. The van der Waals surface area contributed by atoms with Gasteiger partial charge in [-0.15, -0.1) is 12.4 Å². The average molecular weight is 166 g/mol. The van der Waals surface area contributed by atoms with Gasteiger partial charge in [0.05, 0.1) is 0 Å². The van der Waals surface area contributed by atoms with Gasteiger partial charge in [0.1, 0.15) is 0 Å². The highest BCUT2D eigenvalue weighted by molar-refractivity contribution is 5.85. The maximum Gasteiger partial charge on any atom is -0.00519 e. The van der Waals surface area contributed by atoms with E-state index in [4.69, 9.17) is 0 Å². The highest BCUT2D eigenvalue weighted by Crippen LogP contribution is 2.04. The van der Waals surface area contributed by atoms with E-state index in [-0.39, 0.29) is 12.4 Å². The van der Waals surface area contributed by atoms with E-state index in [0.717, 1.165) is 5.92 Å². The minimum Gasteiger partial charge on any atom is -0.320 e. The maximum atomic E-state index is 3.14. The molecule has 10 heavy (non-hydrogen) atoms. The molecule has 0 amide bonds. The van der Waals surface area contributed by atoms with Crippen molar-refractivity contribution in [2.45, 2.75) is 33.1 Å². The van der Waals surface area contributed by atoms with Gasteiger partial charge in [0.15, 0.2) is 0 Å². The van der Waals surface area contributed by atoms with Crippen molar-refractivity contribution in [1.82, 2.24) is 5.32 Å². The van der Waals surface area contributed by atoms with Gasteiger partial charge in [-0.25, -0.2) is 0 Å². The van der Waals surface area contributed by atoms with Crippen LogP contribution in [0.4, 0.5) is 0 Å². The van der Waals surface area contributed by atoms with E-state index >= 15 is 0 Å². The fraction of sp³-hybridized carbons (Fsp3) is 1.00. The number of halogens is 1. The van der Waals surface area contributed by atoms with Crippen LogP contribution < -0.4 is 5.32 Å². The van der Waals surface area contributed by atoms with Gasteiger partial charge in [-0.3, -0.25) is 0 Å². The standard InChI is InChI=1S/C8H19N.ClH/c1-8(2)6-4-5-7-9-3;/h8-9H,4-7H2,1-3H3;1H. The molecule has 0 aliphatic carbocycles. The SMILES string of the molecule is CNCCCCC(C)C.Cl. The molecule has 0 spiro atoms. The van der Waals surface area contributed by atoms with E-state index in [9.17, 15) is 0 Å². The number of hydrogen-bond acceptors (Lipinski definition) is 1. The Balaban J connectivity index is 0. The molecule has 0 aromatic heterocycles. The second kappa shape index (κ2) is 9.25. The zero-order chi connectivity index (χ0) is 7.11. The van der Waals surface area contributed by atoms with Gasteiger partial charge in [0.25, 0.3) is 0 Å². The Bertz CT molecular complexity index is 55.2. The molecule has 0 fully saturated rings. The molecule has 0 saturated heterocycles. The van der Waals surface area contributed by atoms with Gasteiger partial charge in [-0.2, -0.15) is 0 Å². The van der Waals surface area contributed by atoms with Crippen molar-refractivity contribution in [3.63, 3.8) is 0 Å². The van der Waals surface area contributed by atoms with Crippen LogP contribution >= 0.6 is 12.4 Å². The molecule has 0 saturated carbocycles. The van der Waals surface area contributed by atoms with E-state index in [1.807, 2.05) is 7.05 Å². The number of nitrogens with one attached hydrogen (secondary N) is 1. The van der Waals surface area contributed by atoms with Crippen molar-refractivity contribution in [3.8, 4) is 0 Å². The minimum atomic E-state index is 0. The van der Waals surface area contributed by atoms with E-state index in [2.05, 4.69) is 19.2 Å². The van der Waals surface area contributed by atoms with Gasteiger partial charge in [0.2, 0.25) is 0 Å². The third-order valence-corrected chi connectivity index (χ3v) is 1.46. The lowest BCUT2D eigenvalue weighted by molar-refractivity contribution is 0.530. The van der Waals surface area contributed by atoms with Crippen LogP contribution in [-0.2, 0) is 0 Å². The molecule has 0 unspecified atom stereocenters. The Hall–Kier alpha value is 0.250. The highest BCUT2D eigenvalue weighted by atomic mass is 35.5. The molecule has 0 atom stereocenters. The lowest BCUT2D eigenvalue weighted by Gasteiger charge is -2.02. The molecule has 0 rings (SSSR count). The first-order chi connectivity index (χ1) is 4.27. The Morgan fingerprint density at radius 1 is 1.20 bits per heavy atom. The van der Waals surface area contributed by atoms with Crippen LogP contribution in [0.5, 0.6) is 0 Å². The minimum absolute atomic E-state index is 0. The molecule has 64 valence electrons. The highest BCUT2D eigenvalue weighted by Gasteiger charge is 1.91. The largest absolute Gasteiger partial charge is 0.320 e. The number of hydrogen-bond donors (Lipinski definition) is 1. The van der Waals surface area contributed by atoms with Crippen LogP contribution in [0.3, 0.4) is 0 Å². The molecule has 0 bridgehead atoms. The second-order valence-corrected chi connectivity index (χ2v) is 2.99. The van der Waals surface area contributed by atoms with Crippen LogP contribution in [0, 0.1) is 5.92 Å². The number of unbranched alkanes of at least 4 members (excludes halogenated alkanes) is 1. The Morgan fingerprint density at radius 3 is 2.20 bits per heavy atom. The van der Waals surface area contributed by atoms with Gasteiger partial charge in [0, 0.05) is 0 Å². The summed E-state index contributed by atoms with van der Waals surface area (Å²) in [6, 6.07) is 0. The maximum absolute atomic E-state index is 3.14. The van der Waals surface area contributed by atoms with Crippen molar-refractivity contribution in [2.24, 2.45) is 5.92 Å². The third-order valence-electron chi connectivity index (χ3n) is 1.46. The first kappa shape index (κ1) is 12.9. The molecule has 2 heteroatoms. The Morgan fingerprint density at radius 2 is 1.80 bits per heavy atom. The van der Waals surface area contributed by atoms with E-state index < -0.39 is 0 Å². The van der Waals surface area contributed by atoms with Gasteiger partial charge in [-0.1, -0.05) is 26.7 Å². The zero-order valence-electron chi connectivity index (χ0n) is 7.31. The van der Waals surface area contributed by atoms with Crippen LogP contribution in [-0.4, -0.2) is 13.6 Å². The molecule has 1 nitrogen and oxygen atoms in total. The third kappa shape index (κ3) is 11.1. The molecular formula is C8H20ClN. The predicted octanol–water partition coefficient (Wildman–Crippen LogP) is 2.45. The Kier molecular flexibility index (Phi) is 11.9. The molecule has 0 radical (unpaired) electrons. The first-order valence-electron chi connectivity index (χ1n) is 3.92. The molecule has 0 heterocycles. The summed E-state index contributed by atoms with van der Waals surface area (Å²) >= 11 is 0. The van der Waals surface area contributed by atoms with Crippen molar-refractivity contribution in [3.05, 3.63) is 0 Å². The molecule has 0 aliphatic rings. The monoisotopic (exact) mass is 165 g/mol. The molecule has 0 aromatic rings. The van der Waals surface area contributed by atoms with Crippen molar-refractivity contribution < 1.29 is 0 Å². The second-order valence-electron chi connectivity index (χ2n) is 2.99. The summed E-state index contributed by atoms with van der Waals surface area (Å²) in [7, 11) is 2.01. The summed E-state index contributed by atoms with van der Waals surface area (Å²) in [4.78, 5) is 0. The molecular weight excluding hydrogens is 146 g/mol. The number of rotatable bonds is 5. The van der Waals surface area contributed by atoms with Crippen LogP contribution in [0.25, 0.3) is 0 Å². The fourth-order valence-electron chi connectivity index (χ4n) is 0.854. The summed E-state index contributed by atoms with van der Waals surface area (Å²) in [6.07, 6.45) is 4.08. The summed E-state index contributed by atoms with van der Waals surface area (Å²) in [5.74, 6) is 0.877. The van der Waals surface area contributed by atoms with Crippen LogP contribution in [0.15, 0.2) is 0 Å². The summed E-state index contributed by atoms with van der Waals surface area (Å²) < 4.78 is 0. The van der Waals surface area contributed by atoms with Crippen molar-refractivity contribution >= 4 is 12.4 Å². The quantitative estimate of drug-likeness (QED) is 0.618. The lowest BCUT2D eigenvalue weighted by atomic mass is 10.1.